The van der Waals surface area contributed by atoms with Gasteiger partial charge in [-0.3, -0.25) is 9.69 Å². The zero-order valence-electron chi connectivity index (χ0n) is 12.3. The Kier molecular flexibility index (Phi) is 3.60. The zero-order chi connectivity index (χ0) is 15.1. The Hall–Kier alpha value is -1.82. The predicted molar refractivity (Wildman–Crippen MR) is 72.5 cm³/mol. The van der Waals surface area contributed by atoms with Gasteiger partial charge in [0.25, 0.3) is 0 Å². The number of aryl methyl sites for hydroxylation is 1. The highest BCUT2D eigenvalue weighted by Crippen LogP contribution is 2.25. The summed E-state index contributed by atoms with van der Waals surface area (Å²) >= 11 is 0. The number of piperazine rings is 1. The fraction of sp³-hybridized carbons (Fsp3) is 0.571. The smallest absolute Gasteiger partial charge is 0.372 e. The summed E-state index contributed by atoms with van der Waals surface area (Å²) in [7, 11) is 1.79. The molecular weight excluding hydrogens is 260 g/mol. The van der Waals surface area contributed by atoms with Crippen LogP contribution in [0.4, 0.5) is 0 Å². The van der Waals surface area contributed by atoms with E-state index in [9.17, 15) is 9.59 Å². The molecule has 1 amide bonds. The van der Waals surface area contributed by atoms with Gasteiger partial charge in [0.1, 0.15) is 5.76 Å². The van der Waals surface area contributed by atoms with Crippen LogP contribution in [-0.2, 0) is 11.3 Å². The SMILES string of the molecule is Cc1cc(CN2CCN(C)C(=O)C2(C)C)oc1C(=O)O. The van der Waals surface area contributed by atoms with Crippen molar-refractivity contribution in [1.29, 1.82) is 0 Å². The van der Waals surface area contributed by atoms with E-state index >= 15 is 0 Å². The van der Waals surface area contributed by atoms with Crippen molar-refractivity contribution in [3.8, 4) is 0 Å². The van der Waals surface area contributed by atoms with Crippen molar-refractivity contribution in [2.24, 2.45) is 0 Å². The van der Waals surface area contributed by atoms with Crippen LogP contribution in [0.2, 0.25) is 0 Å². The van der Waals surface area contributed by atoms with Crippen molar-refractivity contribution in [3.63, 3.8) is 0 Å². The van der Waals surface area contributed by atoms with E-state index in [0.29, 0.717) is 24.4 Å². The van der Waals surface area contributed by atoms with E-state index in [1.807, 2.05) is 18.7 Å². The lowest BCUT2D eigenvalue weighted by Crippen LogP contribution is -2.61. The first-order valence-electron chi connectivity index (χ1n) is 6.56. The van der Waals surface area contributed by atoms with Gasteiger partial charge in [0.05, 0.1) is 12.1 Å². The van der Waals surface area contributed by atoms with Crippen LogP contribution in [0, 0.1) is 6.92 Å². The number of hydrogen-bond acceptors (Lipinski definition) is 4. The van der Waals surface area contributed by atoms with Gasteiger partial charge in [-0.25, -0.2) is 4.79 Å². The molecule has 1 aliphatic heterocycles. The molecule has 1 N–H and O–H groups in total. The Morgan fingerprint density at radius 2 is 2.10 bits per heavy atom. The molecule has 0 bridgehead atoms. The summed E-state index contributed by atoms with van der Waals surface area (Å²) in [4.78, 5) is 26.9. The number of carbonyl (C=O) groups is 2. The van der Waals surface area contributed by atoms with Crippen molar-refractivity contribution in [2.75, 3.05) is 20.1 Å². The Labute approximate surface area is 118 Å². The number of furan rings is 1. The number of carboxylic acid groups (broad SMARTS) is 1. The van der Waals surface area contributed by atoms with Crippen molar-refractivity contribution >= 4 is 11.9 Å². The average Bonchev–Trinajstić information content (AvgIpc) is 2.72. The van der Waals surface area contributed by atoms with E-state index in [1.54, 1.807) is 24.9 Å². The molecule has 2 heterocycles. The molecule has 110 valence electrons. The highest BCUT2D eigenvalue weighted by molar-refractivity contribution is 5.86. The molecule has 1 aliphatic rings. The van der Waals surface area contributed by atoms with E-state index in [4.69, 9.17) is 9.52 Å². The fourth-order valence-electron chi connectivity index (χ4n) is 2.56. The second kappa shape index (κ2) is 4.94. The third-order valence-corrected chi connectivity index (χ3v) is 3.88. The van der Waals surface area contributed by atoms with Crippen molar-refractivity contribution in [3.05, 3.63) is 23.2 Å². The molecule has 20 heavy (non-hydrogen) atoms. The second-order valence-electron chi connectivity index (χ2n) is 5.74. The zero-order valence-corrected chi connectivity index (χ0v) is 12.3. The van der Waals surface area contributed by atoms with Crippen LogP contribution in [0.25, 0.3) is 0 Å². The molecule has 0 atom stereocenters. The van der Waals surface area contributed by atoms with Gasteiger partial charge in [-0.05, 0) is 26.8 Å². The number of likely N-dealkylation sites (N-methyl/N-ethyl adjacent to an activating group) is 1. The largest absolute Gasteiger partial charge is 0.475 e. The molecule has 1 saturated heterocycles. The molecule has 1 aromatic heterocycles. The second-order valence-corrected chi connectivity index (χ2v) is 5.74. The van der Waals surface area contributed by atoms with Gasteiger partial charge in [-0.2, -0.15) is 0 Å². The lowest BCUT2D eigenvalue weighted by atomic mass is 9.97. The van der Waals surface area contributed by atoms with Crippen LogP contribution in [0.1, 0.15) is 35.7 Å². The number of amides is 1. The van der Waals surface area contributed by atoms with Gasteiger partial charge in [-0.15, -0.1) is 0 Å². The summed E-state index contributed by atoms with van der Waals surface area (Å²) in [6.45, 7) is 7.28. The molecule has 6 heteroatoms. The standard InChI is InChI=1S/C14H20N2O4/c1-9-7-10(20-11(9)12(17)18)8-16-6-5-15(4)13(19)14(16,2)3/h7H,5-6,8H2,1-4H3,(H,17,18). The lowest BCUT2D eigenvalue weighted by Gasteiger charge is -2.44. The third kappa shape index (κ3) is 2.43. The van der Waals surface area contributed by atoms with Gasteiger partial charge < -0.3 is 14.4 Å². The van der Waals surface area contributed by atoms with Crippen molar-refractivity contribution in [2.45, 2.75) is 32.9 Å². The van der Waals surface area contributed by atoms with Gasteiger partial charge in [0, 0.05) is 25.7 Å². The third-order valence-electron chi connectivity index (χ3n) is 3.88. The maximum absolute atomic E-state index is 12.2. The normalized spacial score (nSPS) is 19.4. The minimum atomic E-state index is -1.07. The summed E-state index contributed by atoms with van der Waals surface area (Å²) < 4.78 is 5.37. The van der Waals surface area contributed by atoms with Crippen LogP contribution in [0.15, 0.2) is 10.5 Å². The van der Waals surface area contributed by atoms with E-state index in [-0.39, 0.29) is 11.7 Å². The summed E-state index contributed by atoms with van der Waals surface area (Å²) in [5, 5.41) is 9.00. The maximum atomic E-state index is 12.2. The Bertz CT molecular complexity index is 547. The predicted octanol–water partition coefficient (Wildman–Crippen LogP) is 1.34. The monoisotopic (exact) mass is 280 g/mol. The first kappa shape index (κ1) is 14.6. The van der Waals surface area contributed by atoms with Gasteiger partial charge in [-0.1, -0.05) is 0 Å². The number of aromatic carboxylic acids is 1. The number of carbonyl (C=O) groups excluding carboxylic acids is 1. The highest BCUT2D eigenvalue weighted by atomic mass is 16.4. The molecule has 2 rings (SSSR count). The van der Waals surface area contributed by atoms with Gasteiger partial charge in [0.15, 0.2) is 0 Å². The summed E-state index contributed by atoms with van der Waals surface area (Å²) in [6.07, 6.45) is 0. The van der Waals surface area contributed by atoms with Crippen LogP contribution in [-0.4, -0.2) is 52.5 Å². The molecule has 0 aliphatic carbocycles. The fourth-order valence-corrected chi connectivity index (χ4v) is 2.56. The summed E-state index contributed by atoms with van der Waals surface area (Å²) in [5.74, 6) is -0.462. The molecule has 0 radical (unpaired) electrons. The Morgan fingerprint density at radius 3 is 2.65 bits per heavy atom. The first-order valence-corrected chi connectivity index (χ1v) is 6.56. The number of hydrogen-bond donors (Lipinski definition) is 1. The maximum Gasteiger partial charge on any atom is 0.372 e. The van der Waals surface area contributed by atoms with Crippen LogP contribution < -0.4 is 0 Å². The molecule has 0 unspecified atom stereocenters. The molecular formula is C14H20N2O4. The molecule has 6 nitrogen and oxygen atoms in total. The molecule has 0 saturated carbocycles. The number of rotatable bonds is 3. The van der Waals surface area contributed by atoms with Crippen LogP contribution in [0.3, 0.4) is 0 Å². The lowest BCUT2D eigenvalue weighted by molar-refractivity contribution is -0.147. The summed E-state index contributed by atoms with van der Waals surface area (Å²) in [5.41, 5.74) is -0.0115. The molecule has 1 fully saturated rings. The molecule has 0 spiro atoms. The first-order chi connectivity index (χ1) is 9.23. The quantitative estimate of drug-likeness (QED) is 0.904. The van der Waals surface area contributed by atoms with Gasteiger partial charge >= 0.3 is 5.97 Å². The van der Waals surface area contributed by atoms with Crippen LogP contribution >= 0.6 is 0 Å². The minimum Gasteiger partial charge on any atom is -0.475 e. The molecule has 0 aromatic carbocycles. The number of carboxylic acids is 1. The Balaban J connectivity index is 2.19. The van der Waals surface area contributed by atoms with E-state index < -0.39 is 11.5 Å². The van der Waals surface area contributed by atoms with E-state index in [1.165, 1.54) is 0 Å². The van der Waals surface area contributed by atoms with E-state index in [2.05, 4.69) is 0 Å². The topological polar surface area (TPSA) is 74.0 Å². The highest BCUT2D eigenvalue weighted by Gasteiger charge is 2.40. The number of nitrogens with zero attached hydrogens (tertiary/aromatic N) is 2. The van der Waals surface area contributed by atoms with Crippen molar-refractivity contribution in [1.82, 2.24) is 9.80 Å². The Morgan fingerprint density at radius 1 is 1.45 bits per heavy atom. The average molecular weight is 280 g/mol. The van der Waals surface area contributed by atoms with Crippen molar-refractivity contribution < 1.29 is 19.1 Å². The van der Waals surface area contributed by atoms with E-state index in [0.717, 1.165) is 6.54 Å². The molecule has 1 aromatic rings. The summed E-state index contributed by atoms with van der Waals surface area (Å²) in [6, 6.07) is 1.72. The van der Waals surface area contributed by atoms with Gasteiger partial charge in [0.2, 0.25) is 11.7 Å². The van der Waals surface area contributed by atoms with Crippen LogP contribution in [0.5, 0.6) is 0 Å². The minimum absolute atomic E-state index is 0.0294.